The van der Waals surface area contributed by atoms with E-state index in [0.717, 1.165) is 37.2 Å². The number of methoxy groups -OCH3 is 1. The topological polar surface area (TPSA) is 75.8 Å². The monoisotopic (exact) mass is 302 g/mol. The van der Waals surface area contributed by atoms with E-state index in [2.05, 4.69) is 10.1 Å². The van der Waals surface area contributed by atoms with Crippen LogP contribution in [-0.4, -0.2) is 36.4 Å². The molecule has 0 amide bonds. The van der Waals surface area contributed by atoms with Gasteiger partial charge in [0.2, 0.25) is 0 Å². The predicted molar refractivity (Wildman–Crippen MR) is 81.5 cm³/mol. The van der Waals surface area contributed by atoms with Crippen molar-refractivity contribution >= 4 is 11.7 Å². The molecular weight excluding hydrogens is 284 g/mol. The van der Waals surface area contributed by atoms with Gasteiger partial charge >= 0.3 is 5.97 Å². The van der Waals surface area contributed by atoms with Crippen LogP contribution in [0.25, 0.3) is 11.3 Å². The van der Waals surface area contributed by atoms with Crippen molar-refractivity contribution in [3.8, 4) is 17.1 Å². The van der Waals surface area contributed by atoms with Crippen LogP contribution in [0, 0.1) is 0 Å². The van der Waals surface area contributed by atoms with Crippen molar-refractivity contribution in [3.63, 3.8) is 0 Å². The number of piperidine rings is 1. The lowest BCUT2D eigenvalue weighted by atomic mass is 10.0. The van der Waals surface area contributed by atoms with Crippen LogP contribution in [0.4, 0.5) is 5.69 Å². The maximum atomic E-state index is 11.0. The minimum Gasteiger partial charge on any atom is -0.497 e. The van der Waals surface area contributed by atoms with E-state index in [9.17, 15) is 4.79 Å². The van der Waals surface area contributed by atoms with Crippen molar-refractivity contribution in [2.45, 2.75) is 19.3 Å². The van der Waals surface area contributed by atoms with Crippen molar-refractivity contribution < 1.29 is 19.2 Å². The van der Waals surface area contributed by atoms with Crippen molar-refractivity contribution in [2.24, 2.45) is 0 Å². The van der Waals surface area contributed by atoms with E-state index in [1.165, 1.54) is 12.5 Å². The van der Waals surface area contributed by atoms with Gasteiger partial charge in [-0.2, -0.15) is 0 Å². The van der Waals surface area contributed by atoms with E-state index < -0.39 is 5.97 Å². The van der Waals surface area contributed by atoms with E-state index in [0.29, 0.717) is 11.5 Å². The molecule has 0 aliphatic carbocycles. The number of hydrogen-bond acceptors (Lipinski definition) is 5. The second kappa shape index (κ2) is 6.09. The lowest BCUT2D eigenvalue weighted by molar-refractivity contribution is 0.0686. The average Bonchev–Trinajstić information content (AvgIpc) is 3.05. The molecule has 1 saturated heterocycles. The molecule has 0 unspecified atom stereocenters. The lowest BCUT2D eigenvalue weighted by Gasteiger charge is -2.30. The van der Waals surface area contributed by atoms with Gasteiger partial charge < -0.3 is 19.3 Å². The molecule has 1 aromatic heterocycles. The second-order valence-corrected chi connectivity index (χ2v) is 5.31. The van der Waals surface area contributed by atoms with Crippen LogP contribution in [0.15, 0.2) is 28.8 Å². The molecule has 116 valence electrons. The first kappa shape index (κ1) is 14.4. The Hall–Kier alpha value is -2.50. The number of anilines is 1. The summed E-state index contributed by atoms with van der Waals surface area (Å²) in [4.78, 5) is 13.3. The van der Waals surface area contributed by atoms with Crippen molar-refractivity contribution in [1.29, 1.82) is 0 Å². The number of aromatic nitrogens is 1. The van der Waals surface area contributed by atoms with E-state index >= 15 is 0 Å². The van der Waals surface area contributed by atoms with Gasteiger partial charge in [0.1, 0.15) is 5.75 Å². The van der Waals surface area contributed by atoms with E-state index in [1.54, 1.807) is 7.11 Å². The van der Waals surface area contributed by atoms with Gasteiger partial charge in [0.05, 0.1) is 7.11 Å². The maximum Gasteiger partial charge on any atom is 0.358 e. The molecule has 1 aliphatic rings. The van der Waals surface area contributed by atoms with Gasteiger partial charge in [0, 0.05) is 30.4 Å². The van der Waals surface area contributed by atoms with Crippen LogP contribution in [0.5, 0.6) is 5.75 Å². The third-order valence-corrected chi connectivity index (χ3v) is 3.90. The zero-order valence-corrected chi connectivity index (χ0v) is 12.4. The summed E-state index contributed by atoms with van der Waals surface area (Å²) in [5, 5.41) is 12.6. The minimum atomic E-state index is -1.10. The van der Waals surface area contributed by atoms with Crippen LogP contribution in [0.1, 0.15) is 29.8 Å². The summed E-state index contributed by atoms with van der Waals surface area (Å²) in [5.41, 5.74) is 1.73. The smallest absolute Gasteiger partial charge is 0.358 e. The molecular formula is C16H18N2O4. The summed E-state index contributed by atoms with van der Waals surface area (Å²) < 4.78 is 10.5. The Bertz CT molecular complexity index is 675. The van der Waals surface area contributed by atoms with Crippen LogP contribution in [-0.2, 0) is 0 Å². The number of ether oxygens (including phenoxy) is 1. The lowest BCUT2D eigenvalue weighted by Crippen LogP contribution is -2.29. The highest BCUT2D eigenvalue weighted by atomic mass is 16.5. The van der Waals surface area contributed by atoms with E-state index in [-0.39, 0.29) is 5.69 Å². The molecule has 0 radical (unpaired) electrons. The van der Waals surface area contributed by atoms with Crippen molar-refractivity contribution in [3.05, 3.63) is 30.0 Å². The summed E-state index contributed by atoms with van der Waals surface area (Å²) in [7, 11) is 1.60. The van der Waals surface area contributed by atoms with Crippen LogP contribution in [0.2, 0.25) is 0 Å². The summed E-state index contributed by atoms with van der Waals surface area (Å²) in [6.45, 7) is 1.97. The van der Waals surface area contributed by atoms with Gasteiger partial charge in [0.15, 0.2) is 11.5 Å². The zero-order chi connectivity index (χ0) is 15.5. The average molecular weight is 302 g/mol. The largest absolute Gasteiger partial charge is 0.497 e. The molecule has 6 nitrogen and oxygen atoms in total. The Morgan fingerprint density at radius 1 is 1.27 bits per heavy atom. The van der Waals surface area contributed by atoms with Crippen LogP contribution < -0.4 is 9.64 Å². The Labute approximate surface area is 128 Å². The fraction of sp³-hybridized carbons (Fsp3) is 0.375. The highest BCUT2D eigenvalue weighted by Gasteiger charge is 2.20. The van der Waals surface area contributed by atoms with Gasteiger partial charge in [0.25, 0.3) is 0 Å². The quantitative estimate of drug-likeness (QED) is 0.935. The summed E-state index contributed by atoms with van der Waals surface area (Å²) in [6, 6.07) is 7.20. The highest BCUT2D eigenvalue weighted by Crippen LogP contribution is 2.35. The molecule has 0 spiro atoms. The molecule has 0 atom stereocenters. The number of rotatable bonds is 4. The third kappa shape index (κ3) is 2.77. The maximum absolute atomic E-state index is 11.0. The normalized spacial score (nSPS) is 14.9. The number of carboxylic acid groups (broad SMARTS) is 1. The van der Waals surface area contributed by atoms with Gasteiger partial charge in [-0.25, -0.2) is 4.79 Å². The Kier molecular flexibility index (Phi) is 4.00. The fourth-order valence-electron chi connectivity index (χ4n) is 2.75. The molecule has 0 bridgehead atoms. The van der Waals surface area contributed by atoms with Crippen LogP contribution >= 0.6 is 0 Å². The molecule has 1 aromatic carbocycles. The van der Waals surface area contributed by atoms with E-state index in [1.807, 2.05) is 18.2 Å². The molecule has 2 heterocycles. The summed E-state index contributed by atoms with van der Waals surface area (Å²) in [5.74, 6) is 0.0401. The fourth-order valence-corrected chi connectivity index (χ4v) is 2.75. The number of carbonyl (C=O) groups is 1. The Balaban J connectivity index is 2.03. The molecule has 0 saturated carbocycles. The number of carboxylic acids is 1. The van der Waals surface area contributed by atoms with Gasteiger partial charge in [-0.15, -0.1) is 0 Å². The van der Waals surface area contributed by atoms with E-state index in [4.69, 9.17) is 14.4 Å². The minimum absolute atomic E-state index is 0.0950. The van der Waals surface area contributed by atoms with Crippen molar-refractivity contribution in [2.75, 3.05) is 25.1 Å². The number of hydrogen-bond donors (Lipinski definition) is 1. The molecule has 2 aromatic rings. The van der Waals surface area contributed by atoms with Crippen molar-refractivity contribution in [1.82, 2.24) is 5.16 Å². The number of nitrogens with zero attached hydrogens (tertiary/aromatic N) is 2. The highest BCUT2D eigenvalue weighted by molar-refractivity contribution is 5.87. The molecule has 3 rings (SSSR count). The first-order chi connectivity index (χ1) is 10.7. The second-order valence-electron chi connectivity index (χ2n) is 5.31. The van der Waals surface area contributed by atoms with Gasteiger partial charge in [-0.3, -0.25) is 0 Å². The molecule has 6 heteroatoms. The molecule has 1 N–H and O–H groups in total. The zero-order valence-electron chi connectivity index (χ0n) is 12.4. The molecule has 1 aliphatic heterocycles. The summed E-state index contributed by atoms with van der Waals surface area (Å²) in [6.07, 6.45) is 3.55. The third-order valence-electron chi connectivity index (χ3n) is 3.90. The predicted octanol–water partition coefficient (Wildman–Crippen LogP) is 3.04. The Morgan fingerprint density at radius 2 is 2.05 bits per heavy atom. The van der Waals surface area contributed by atoms with Crippen LogP contribution in [0.3, 0.4) is 0 Å². The summed E-state index contributed by atoms with van der Waals surface area (Å²) >= 11 is 0. The molecule has 1 fully saturated rings. The SMILES string of the molecule is COc1ccc(N2CCCCC2)c(-c2cc(C(=O)O)no2)c1. The Morgan fingerprint density at radius 3 is 2.68 bits per heavy atom. The standard InChI is InChI=1S/C16H18N2O4/c1-21-11-5-6-14(18-7-3-2-4-8-18)12(9-11)15-10-13(16(19)20)17-22-15/h5-6,9-10H,2-4,7-8H2,1H3,(H,19,20). The van der Waals surface area contributed by atoms with Gasteiger partial charge in [-0.05, 0) is 37.5 Å². The number of benzene rings is 1. The first-order valence-electron chi connectivity index (χ1n) is 7.32. The number of aromatic carboxylic acids is 1. The first-order valence-corrected chi connectivity index (χ1v) is 7.32. The molecule has 22 heavy (non-hydrogen) atoms. The van der Waals surface area contributed by atoms with Gasteiger partial charge in [-0.1, -0.05) is 5.16 Å².